The molecule has 0 fully saturated rings. The van der Waals surface area contributed by atoms with E-state index in [1.54, 1.807) is 0 Å². The van der Waals surface area contributed by atoms with Crippen molar-refractivity contribution in [2.75, 3.05) is 13.7 Å². The monoisotopic (exact) mass is 260 g/mol. The van der Waals surface area contributed by atoms with E-state index in [0.717, 1.165) is 24.0 Å². The molecule has 1 aromatic heterocycles. The number of fused-ring (bicyclic) bond motifs is 1. The van der Waals surface area contributed by atoms with E-state index in [0.29, 0.717) is 5.69 Å². The number of methoxy groups -OCH3 is 1. The molecule has 0 spiro atoms. The number of rotatable bonds is 6. The lowest BCUT2D eigenvalue weighted by molar-refractivity contribution is 0.0595. The molecule has 1 aromatic carbocycles. The van der Waals surface area contributed by atoms with Gasteiger partial charge in [-0.25, -0.2) is 4.79 Å². The van der Waals surface area contributed by atoms with E-state index in [2.05, 4.69) is 29.4 Å². The van der Waals surface area contributed by atoms with Crippen LogP contribution in [0.2, 0.25) is 0 Å². The molecule has 0 unspecified atom stereocenters. The fourth-order valence-electron chi connectivity index (χ4n) is 2.04. The van der Waals surface area contributed by atoms with E-state index in [9.17, 15) is 4.79 Å². The Morgan fingerprint density at radius 1 is 1.37 bits per heavy atom. The molecule has 0 radical (unpaired) electrons. The molecule has 0 bridgehead atoms. The molecule has 0 aliphatic carbocycles. The number of ether oxygens (including phenoxy) is 1. The maximum atomic E-state index is 11.4. The fraction of sp³-hybridized carbons (Fsp3) is 0.400. The minimum Gasteiger partial charge on any atom is -0.464 e. The third-order valence-electron chi connectivity index (χ3n) is 3.13. The van der Waals surface area contributed by atoms with Crippen molar-refractivity contribution >= 4 is 16.9 Å². The quantitative estimate of drug-likeness (QED) is 0.620. The number of carbonyl (C=O) groups is 1. The van der Waals surface area contributed by atoms with Crippen LogP contribution in [0.5, 0.6) is 0 Å². The first-order valence-corrected chi connectivity index (χ1v) is 6.65. The third-order valence-corrected chi connectivity index (χ3v) is 3.13. The summed E-state index contributed by atoms with van der Waals surface area (Å²) in [6.45, 7) is 4.07. The van der Waals surface area contributed by atoms with Crippen LogP contribution in [0.1, 0.15) is 35.8 Å². The second-order valence-electron chi connectivity index (χ2n) is 4.63. The highest BCUT2D eigenvalue weighted by Gasteiger charge is 2.09. The molecule has 2 rings (SSSR count). The second-order valence-corrected chi connectivity index (χ2v) is 4.63. The number of H-pyrrole nitrogens is 1. The molecule has 0 amide bonds. The Labute approximate surface area is 113 Å². The normalized spacial score (nSPS) is 10.8. The topological polar surface area (TPSA) is 54.1 Å². The molecule has 0 saturated carbocycles. The largest absolute Gasteiger partial charge is 0.464 e. The van der Waals surface area contributed by atoms with Crippen LogP contribution in [0.15, 0.2) is 24.3 Å². The number of esters is 1. The van der Waals surface area contributed by atoms with Gasteiger partial charge in [0.25, 0.3) is 0 Å². The number of unbranched alkanes of at least 4 members (excludes halogenated alkanes) is 1. The van der Waals surface area contributed by atoms with Gasteiger partial charge in [0, 0.05) is 17.4 Å². The highest BCUT2D eigenvalue weighted by atomic mass is 16.5. The number of aromatic amines is 1. The van der Waals surface area contributed by atoms with Gasteiger partial charge in [-0.15, -0.1) is 0 Å². The SMILES string of the molecule is CCCCNCc1ccc2cc(C(=O)OC)[nH]c2c1. The predicted molar refractivity (Wildman–Crippen MR) is 76.3 cm³/mol. The van der Waals surface area contributed by atoms with Crippen molar-refractivity contribution in [2.24, 2.45) is 0 Å². The average molecular weight is 260 g/mol. The summed E-state index contributed by atoms with van der Waals surface area (Å²) < 4.78 is 4.71. The first kappa shape index (κ1) is 13.6. The summed E-state index contributed by atoms with van der Waals surface area (Å²) in [6, 6.07) is 7.99. The lowest BCUT2D eigenvalue weighted by atomic mass is 10.1. The van der Waals surface area contributed by atoms with Gasteiger partial charge in [-0.1, -0.05) is 25.5 Å². The predicted octanol–water partition coefficient (Wildman–Crippen LogP) is 2.84. The summed E-state index contributed by atoms with van der Waals surface area (Å²) in [5.41, 5.74) is 2.67. The molecule has 2 N–H and O–H groups in total. The Hall–Kier alpha value is -1.81. The van der Waals surface area contributed by atoms with Gasteiger partial charge in [0.15, 0.2) is 0 Å². The summed E-state index contributed by atoms with van der Waals surface area (Å²) in [5.74, 6) is -0.334. The molecule has 4 heteroatoms. The van der Waals surface area contributed by atoms with Crippen LogP contribution in [-0.2, 0) is 11.3 Å². The number of aromatic nitrogens is 1. The molecule has 4 nitrogen and oxygen atoms in total. The minimum absolute atomic E-state index is 0.334. The first-order valence-electron chi connectivity index (χ1n) is 6.65. The average Bonchev–Trinajstić information content (AvgIpc) is 2.85. The van der Waals surface area contributed by atoms with Gasteiger partial charge in [-0.2, -0.15) is 0 Å². The molecule has 2 aromatic rings. The zero-order valence-electron chi connectivity index (χ0n) is 11.5. The van der Waals surface area contributed by atoms with Gasteiger partial charge in [0.2, 0.25) is 0 Å². The van der Waals surface area contributed by atoms with Crippen molar-refractivity contribution in [3.63, 3.8) is 0 Å². The Bertz CT molecular complexity index is 560. The van der Waals surface area contributed by atoms with E-state index in [-0.39, 0.29) is 5.97 Å². The molecule has 0 atom stereocenters. The molecule has 1 heterocycles. The van der Waals surface area contributed by atoms with E-state index >= 15 is 0 Å². The van der Waals surface area contributed by atoms with E-state index in [1.807, 2.05) is 12.1 Å². The summed E-state index contributed by atoms with van der Waals surface area (Å²) in [4.78, 5) is 14.5. The Morgan fingerprint density at radius 3 is 2.95 bits per heavy atom. The summed E-state index contributed by atoms with van der Waals surface area (Å²) >= 11 is 0. The summed E-state index contributed by atoms with van der Waals surface area (Å²) in [6.07, 6.45) is 2.39. The van der Waals surface area contributed by atoms with Crippen LogP contribution >= 0.6 is 0 Å². The number of benzene rings is 1. The Balaban J connectivity index is 2.09. The van der Waals surface area contributed by atoms with Gasteiger partial charge in [-0.05, 0) is 30.7 Å². The van der Waals surface area contributed by atoms with Crippen molar-refractivity contribution in [1.82, 2.24) is 10.3 Å². The van der Waals surface area contributed by atoms with Crippen LogP contribution in [0, 0.1) is 0 Å². The van der Waals surface area contributed by atoms with Crippen LogP contribution in [-0.4, -0.2) is 24.6 Å². The van der Waals surface area contributed by atoms with E-state index in [4.69, 9.17) is 4.74 Å². The molecule has 0 saturated heterocycles. The van der Waals surface area contributed by atoms with Crippen molar-refractivity contribution in [3.05, 3.63) is 35.5 Å². The Morgan fingerprint density at radius 2 is 2.21 bits per heavy atom. The first-order chi connectivity index (χ1) is 9.24. The Kier molecular flexibility index (Phi) is 4.58. The van der Waals surface area contributed by atoms with Gasteiger partial charge in [0.1, 0.15) is 5.69 Å². The van der Waals surface area contributed by atoms with Crippen LogP contribution in [0.25, 0.3) is 10.9 Å². The fourth-order valence-corrected chi connectivity index (χ4v) is 2.04. The van der Waals surface area contributed by atoms with Crippen molar-refractivity contribution in [1.29, 1.82) is 0 Å². The van der Waals surface area contributed by atoms with E-state index in [1.165, 1.54) is 25.5 Å². The maximum absolute atomic E-state index is 11.4. The number of carbonyl (C=O) groups excluding carboxylic acids is 1. The van der Waals surface area contributed by atoms with Crippen LogP contribution in [0.3, 0.4) is 0 Å². The molecular weight excluding hydrogens is 240 g/mol. The van der Waals surface area contributed by atoms with Gasteiger partial charge in [-0.3, -0.25) is 0 Å². The zero-order chi connectivity index (χ0) is 13.7. The lowest BCUT2D eigenvalue weighted by Gasteiger charge is -2.04. The van der Waals surface area contributed by atoms with Crippen LogP contribution < -0.4 is 5.32 Å². The molecule has 0 aliphatic rings. The summed E-state index contributed by atoms with van der Waals surface area (Å²) in [7, 11) is 1.39. The van der Waals surface area contributed by atoms with Gasteiger partial charge < -0.3 is 15.0 Å². The van der Waals surface area contributed by atoms with Gasteiger partial charge in [0.05, 0.1) is 7.11 Å². The number of nitrogens with one attached hydrogen (secondary N) is 2. The van der Waals surface area contributed by atoms with Crippen molar-refractivity contribution < 1.29 is 9.53 Å². The standard InChI is InChI=1S/C15H20N2O2/c1-3-4-7-16-10-11-5-6-12-9-14(15(18)19-2)17-13(12)8-11/h5-6,8-9,16-17H,3-4,7,10H2,1-2H3. The summed E-state index contributed by atoms with van der Waals surface area (Å²) in [5, 5.41) is 4.43. The minimum atomic E-state index is -0.334. The molecule has 19 heavy (non-hydrogen) atoms. The van der Waals surface area contributed by atoms with E-state index < -0.39 is 0 Å². The molecule has 102 valence electrons. The van der Waals surface area contributed by atoms with Gasteiger partial charge >= 0.3 is 5.97 Å². The molecular formula is C15H20N2O2. The highest BCUT2D eigenvalue weighted by Crippen LogP contribution is 2.17. The second kappa shape index (κ2) is 6.38. The van der Waals surface area contributed by atoms with Crippen molar-refractivity contribution in [3.8, 4) is 0 Å². The maximum Gasteiger partial charge on any atom is 0.354 e. The zero-order valence-corrected chi connectivity index (χ0v) is 11.5. The molecule has 0 aliphatic heterocycles. The smallest absolute Gasteiger partial charge is 0.354 e. The highest BCUT2D eigenvalue weighted by molar-refractivity contribution is 5.94. The lowest BCUT2D eigenvalue weighted by Crippen LogP contribution is -2.14. The van der Waals surface area contributed by atoms with Crippen molar-refractivity contribution in [2.45, 2.75) is 26.3 Å². The number of hydrogen-bond acceptors (Lipinski definition) is 3. The number of hydrogen-bond donors (Lipinski definition) is 2. The third kappa shape index (κ3) is 3.35. The van der Waals surface area contributed by atoms with Crippen LogP contribution in [0.4, 0.5) is 0 Å².